The molecule has 0 spiro atoms. The van der Waals surface area contributed by atoms with E-state index in [1.165, 1.54) is 6.07 Å². The lowest BCUT2D eigenvalue weighted by atomic mass is 10.3. The lowest BCUT2D eigenvalue weighted by Gasteiger charge is -2.25. The van der Waals surface area contributed by atoms with Crippen LogP contribution in [0.5, 0.6) is 0 Å². The molecule has 1 aliphatic heterocycles. The molecule has 0 aromatic heterocycles. The molecule has 2 rings (SSSR count). The first-order valence-electron chi connectivity index (χ1n) is 5.71. The number of morpholine rings is 1. The Labute approximate surface area is 104 Å². The third-order valence-electron chi connectivity index (χ3n) is 2.70. The summed E-state index contributed by atoms with van der Waals surface area (Å²) in [6, 6.07) is 3.46. The summed E-state index contributed by atoms with van der Waals surface area (Å²) in [6.07, 6.45) is 0. The zero-order chi connectivity index (χ0) is 13.0. The summed E-state index contributed by atoms with van der Waals surface area (Å²) in [6.45, 7) is 2.54. The minimum atomic E-state index is -0.773. The summed E-state index contributed by atoms with van der Waals surface area (Å²) < 4.78 is 31.7. The number of para-hydroxylation sites is 1. The van der Waals surface area contributed by atoms with E-state index >= 15 is 0 Å². The minimum Gasteiger partial charge on any atom is -0.379 e. The quantitative estimate of drug-likeness (QED) is 0.884. The minimum absolute atomic E-state index is 0.108. The Bertz CT molecular complexity index is 414. The predicted molar refractivity (Wildman–Crippen MR) is 62.2 cm³/mol. The highest BCUT2D eigenvalue weighted by atomic mass is 19.1. The van der Waals surface area contributed by atoms with Crippen molar-refractivity contribution in [3.8, 4) is 0 Å². The van der Waals surface area contributed by atoms with Crippen LogP contribution in [0.2, 0.25) is 0 Å². The van der Waals surface area contributed by atoms with E-state index in [1.54, 1.807) is 0 Å². The van der Waals surface area contributed by atoms with E-state index in [1.807, 2.05) is 4.90 Å². The van der Waals surface area contributed by atoms with E-state index in [0.717, 1.165) is 12.1 Å². The average Bonchev–Trinajstić information content (AvgIpc) is 2.35. The highest BCUT2D eigenvalue weighted by Gasteiger charge is 2.16. The SMILES string of the molecule is O=C(CN1CCOCC1)Nc1c(F)cccc1F. The van der Waals surface area contributed by atoms with E-state index in [9.17, 15) is 13.6 Å². The van der Waals surface area contributed by atoms with Crippen molar-refractivity contribution in [1.82, 2.24) is 4.90 Å². The molecule has 1 fully saturated rings. The molecule has 0 saturated carbocycles. The lowest BCUT2D eigenvalue weighted by Crippen LogP contribution is -2.41. The third-order valence-corrected chi connectivity index (χ3v) is 2.70. The molecule has 0 bridgehead atoms. The van der Waals surface area contributed by atoms with E-state index in [4.69, 9.17) is 4.74 Å². The molecular weight excluding hydrogens is 242 g/mol. The second kappa shape index (κ2) is 5.88. The monoisotopic (exact) mass is 256 g/mol. The van der Waals surface area contributed by atoms with Gasteiger partial charge >= 0.3 is 0 Å². The summed E-state index contributed by atoms with van der Waals surface area (Å²) in [5, 5.41) is 2.25. The number of nitrogens with zero attached hydrogens (tertiary/aromatic N) is 1. The Morgan fingerprint density at radius 2 is 1.89 bits per heavy atom. The highest BCUT2D eigenvalue weighted by molar-refractivity contribution is 5.92. The first kappa shape index (κ1) is 12.9. The maximum absolute atomic E-state index is 13.3. The van der Waals surface area contributed by atoms with Crippen molar-refractivity contribution >= 4 is 11.6 Å². The van der Waals surface area contributed by atoms with Crippen LogP contribution in [0.25, 0.3) is 0 Å². The number of nitrogens with one attached hydrogen (secondary N) is 1. The fourth-order valence-corrected chi connectivity index (χ4v) is 1.76. The van der Waals surface area contributed by atoms with Crippen molar-refractivity contribution in [2.75, 3.05) is 38.2 Å². The number of rotatable bonds is 3. The predicted octanol–water partition coefficient (Wildman–Crippen LogP) is 1.24. The first-order valence-corrected chi connectivity index (χ1v) is 5.71. The van der Waals surface area contributed by atoms with Crippen LogP contribution in [-0.2, 0) is 9.53 Å². The van der Waals surface area contributed by atoms with Gasteiger partial charge in [-0.15, -0.1) is 0 Å². The number of benzene rings is 1. The van der Waals surface area contributed by atoms with E-state index in [-0.39, 0.29) is 6.54 Å². The number of hydrogen-bond donors (Lipinski definition) is 1. The van der Waals surface area contributed by atoms with Gasteiger partial charge in [0.15, 0.2) is 0 Å². The van der Waals surface area contributed by atoms with E-state index in [0.29, 0.717) is 26.3 Å². The molecule has 1 saturated heterocycles. The largest absolute Gasteiger partial charge is 0.379 e. The number of ether oxygens (including phenoxy) is 1. The van der Waals surface area contributed by atoms with Crippen LogP contribution < -0.4 is 5.32 Å². The summed E-state index contributed by atoms with van der Waals surface area (Å²) >= 11 is 0. The van der Waals surface area contributed by atoms with Crippen LogP contribution in [0.3, 0.4) is 0 Å². The Kier molecular flexibility index (Phi) is 4.22. The van der Waals surface area contributed by atoms with Crippen molar-refractivity contribution in [2.45, 2.75) is 0 Å². The summed E-state index contributed by atoms with van der Waals surface area (Å²) in [4.78, 5) is 13.5. The van der Waals surface area contributed by atoms with E-state index in [2.05, 4.69) is 5.32 Å². The van der Waals surface area contributed by atoms with Gasteiger partial charge in [0.1, 0.15) is 17.3 Å². The molecule has 1 aromatic rings. The zero-order valence-corrected chi connectivity index (χ0v) is 9.79. The molecule has 1 heterocycles. The van der Waals surface area contributed by atoms with Gasteiger partial charge in [-0.2, -0.15) is 0 Å². The van der Waals surface area contributed by atoms with Gasteiger partial charge in [0.2, 0.25) is 5.91 Å². The van der Waals surface area contributed by atoms with Crippen LogP contribution in [0, 0.1) is 11.6 Å². The van der Waals surface area contributed by atoms with Gasteiger partial charge in [0, 0.05) is 13.1 Å². The average molecular weight is 256 g/mol. The van der Waals surface area contributed by atoms with Crippen LogP contribution >= 0.6 is 0 Å². The molecule has 0 radical (unpaired) electrons. The zero-order valence-electron chi connectivity index (χ0n) is 9.79. The van der Waals surface area contributed by atoms with Gasteiger partial charge in [-0.25, -0.2) is 8.78 Å². The van der Waals surface area contributed by atoms with Crippen LogP contribution in [0.4, 0.5) is 14.5 Å². The van der Waals surface area contributed by atoms with Gasteiger partial charge in [0.05, 0.1) is 19.8 Å². The van der Waals surface area contributed by atoms with Gasteiger partial charge in [-0.1, -0.05) is 6.07 Å². The molecule has 18 heavy (non-hydrogen) atoms. The molecule has 0 aliphatic carbocycles. The number of anilines is 1. The second-order valence-corrected chi connectivity index (χ2v) is 4.03. The lowest BCUT2D eigenvalue weighted by molar-refractivity contribution is -0.118. The Morgan fingerprint density at radius 1 is 1.28 bits per heavy atom. The second-order valence-electron chi connectivity index (χ2n) is 4.03. The number of carbonyl (C=O) groups is 1. The van der Waals surface area contributed by atoms with Crippen LogP contribution in [0.15, 0.2) is 18.2 Å². The summed E-state index contributed by atoms with van der Waals surface area (Å²) in [5.74, 6) is -1.98. The molecule has 1 aromatic carbocycles. The molecule has 1 N–H and O–H groups in total. The van der Waals surface area contributed by atoms with Crippen molar-refractivity contribution in [3.05, 3.63) is 29.8 Å². The smallest absolute Gasteiger partial charge is 0.238 e. The molecule has 0 atom stereocenters. The van der Waals surface area contributed by atoms with Crippen LogP contribution in [0.1, 0.15) is 0 Å². The van der Waals surface area contributed by atoms with Crippen molar-refractivity contribution in [3.63, 3.8) is 0 Å². The molecule has 98 valence electrons. The van der Waals surface area contributed by atoms with Crippen molar-refractivity contribution in [1.29, 1.82) is 0 Å². The molecular formula is C12H14F2N2O2. The summed E-state index contributed by atoms with van der Waals surface area (Å²) in [5.41, 5.74) is -0.393. The third kappa shape index (κ3) is 3.24. The molecule has 1 amide bonds. The topological polar surface area (TPSA) is 41.6 Å². The fourth-order valence-electron chi connectivity index (χ4n) is 1.76. The fraction of sp³-hybridized carbons (Fsp3) is 0.417. The van der Waals surface area contributed by atoms with Crippen molar-refractivity contribution in [2.24, 2.45) is 0 Å². The first-order chi connectivity index (χ1) is 8.66. The normalized spacial score (nSPS) is 16.6. The number of carbonyl (C=O) groups excluding carboxylic acids is 1. The van der Waals surface area contributed by atoms with Gasteiger partial charge in [-0.05, 0) is 12.1 Å². The molecule has 1 aliphatic rings. The maximum Gasteiger partial charge on any atom is 0.238 e. The standard InChI is InChI=1S/C12H14F2N2O2/c13-9-2-1-3-10(14)12(9)15-11(17)8-16-4-6-18-7-5-16/h1-3H,4-8H2,(H,15,17). The Hall–Kier alpha value is -1.53. The molecule has 6 heteroatoms. The van der Waals surface area contributed by atoms with Crippen LogP contribution in [-0.4, -0.2) is 43.7 Å². The number of hydrogen-bond acceptors (Lipinski definition) is 3. The van der Waals surface area contributed by atoms with E-state index < -0.39 is 23.2 Å². The number of amides is 1. The van der Waals surface area contributed by atoms with Crippen molar-refractivity contribution < 1.29 is 18.3 Å². The maximum atomic E-state index is 13.3. The van der Waals surface area contributed by atoms with Gasteiger partial charge < -0.3 is 10.1 Å². The highest BCUT2D eigenvalue weighted by Crippen LogP contribution is 2.17. The summed E-state index contributed by atoms with van der Waals surface area (Å²) in [7, 11) is 0. The number of halogens is 2. The Balaban J connectivity index is 1.94. The van der Waals surface area contributed by atoms with Gasteiger partial charge in [-0.3, -0.25) is 9.69 Å². The Morgan fingerprint density at radius 3 is 2.50 bits per heavy atom. The molecule has 0 unspecified atom stereocenters. The molecule has 4 nitrogen and oxygen atoms in total. The van der Waals surface area contributed by atoms with Gasteiger partial charge in [0.25, 0.3) is 0 Å².